The third kappa shape index (κ3) is 4.08. The number of esters is 1. The van der Waals surface area contributed by atoms with E-state index in [1.165, 1.54) is 34.5 Å². The van der Waals surface area contributed by atoms with Crippen LogP contribution in [0.3, 0.4) is 0 Å². The van der Waals surface area contributed by atoms with Crippen LogP contribution in [0.5, 0.6) is 0 Å². The molecule has 0 saturated heterocycles. The Balaban J connectivity index is 2.15. The fourth-order valence-electron chi connectivity index (χ4n) is 3.51. The van der Waals surface area contributed by atoms with Crippen molar-refractivity contribution in [3.63, 3.8) is 0 Å². The number of amides is 1. The van der Waals surface area contributed by atoms with Crippen LogP contribution < -0.4 is 11.0 Å². The van der Waals surface area contributed by atoms with E-state index < -0.39 is 11.9 Å². The van der Waals surface area contributed by atoms with Crippen LogP contribution >= 0.6 is 0 Å². The molecule has 0 fully saturated rings. The molecule has 10 nitrogen and oxygen atoms in total. The number of nitrogens with zero attached hydrogens (tertiary/aromatic N) is 4. The van der Waals surface area contributed by atoms with Gasteiger partial charge in [-0.15, -0.1) is 0 Å². The molecule has 4 heterocycles. The quantitative estimate of drug-likeness (QED) is 0.326. The van der Waals surface area contributed by atoms with Crippen molar-refractivity contribution in [3.05, 3.63) is 75.5 Å². The molecule has 4 aromatic rings. The average molecular weight is 450 g/mol. The summed E-state index contributed by atoms with van der Waals surface area (Å²) in [6.07, 6.45) is 2.96. The first-order valence-electron chi connectivity index (χ1n) is 10.3. The van der Waals surface area contributed by atoms with Crippen LogP contribution in [0.25, 0.3) is 16.7 Å². The number of pyridine rings is 2. The second-order valence-electron chi connectivity index (χ2n) is 7.18. The molecule has 0 aliphatic heterocycles. The fraction of sp³-hybridized carbons (Fsp3) is 0.261. The van der Waals surface area contributed by atoms with Gasteiger partial charge < -0.3 is 18.5 Å². The minimum absolute atomic E-state index is 0.00392. The molecule has 4 aromatic heterocycles. The Morgan fingerprint density at radius 3 is 2.73 bits per heavy atom. The molecule has 0 bridgehead atoms. The lowest BCUT2D eigenvalue weighted by molar-refractivity contribution is 0.0523. The number of carbonyl (C=O) groups excluding carboxylic acids is 2. The summed E-state index contributed by atoms with van der Waals surface area (Å²) in [6, 6.07) is 7.98. The zero-order chi connectivity index (χ0) is 23.5. The second-order valence-corrected chi connectivity index (χ2v) is 7.18. The van der Waals surface area contributed by atoms with Crippen LogP contribution in [0.1, 0.15) is 33.4 Å². The molecule has 0 atom stereocenters. The number of furan rings is 1. The van der Waals surface area contributed by atoms with Crippen molar-refractivity contribution in [1.29, 1.82) is 0 Å². The highest BCUT2D eigenvalue weighted by Gasteiger charge is 2.21. The molecule has 0 N–H and O–H groups in total. The van der Waals surface area contributed by atoms with E-state index in [4.69, 9.17) is 18.9 Å². The Kier molecular flexibility index (Phi) is 6.18. The first kappa shape index (κ1) is 22.2. The van der Waals surface area contributed by atoms with Crippen molar-refractivity contribution in [2.75, 3.05) is 20.3 Å². The smallest absolute Gasteiger partial charge is 0.341 e. The van der Waals surface area contributed by atoms with Gasteiger partial charge in [0.05, 0.1) is 24.9 Å². The Bertz CT molecular complexity index is 1480. The summed E-state index contributed by atoms with van der Waals surface area (Å²) in [4.78, 5) is 47.8. The highest BCUT2D eigenvalue weighted by Crippen LogP contribution is 2.14. The maximum absolute atomic E-state index is 13.3. The van der Waals surface area contributed by atoms with Gasteiger partial charge in [-0.25, -0.2) is 9.78 Å². The van der Waals surface area contributed by atoms with Gasteiger partial charge in [-0.3, -0.25) is 14.0 Å². The molecule has 170 valence electrons. The monoisotopic (exact) mass is 450 g/mol. The third-order valence-corrected chi connectivity index (χ3v) is 5.06. The van der Waals surface area contributed by atoms with Crippen molar-refractivity contribution in [3.8, 4) is 0 Å². The molecule has 0 aromatic carbocycles. The highest BCUT2D eigenvalue weighted by molar-refractivity contribution is 5.95. The first-order valence-corrected chi connectivity index (χ1v) is 10.3. The number of carbonyl (C=O) groups is 2. The number of methoxy groups -OCH3 is 1. The second kappa shape index (κ2) is 9.21. The molecule has 1 amide bonds. The summed E-state index contributed by atoms with van der Waals surface area (Å²) in [6.45, 7) is 4.01. The SMILES string of the molecule is CCOC(=O)c1cc2c(=O)n3cccc(C)c3nc2n(CCOC)c1=NC(=O)c1ccco1. The van der Waals surface area contributed by atoms with E-state index in [0.29, 0.717) is 5.65 Å². The Morgan fingerprint density at radius 2 is 2.03 bits per heavy atom. The van der Waals surface area contributed by atoms with Crippen LogP contribution in [0.15, 0.2) is 57.0 Å². The van der Waals surface area contributed by atoms with E-state index in [2.05, 4.69) is 4.99 Å². The third-order valence-electron chi connectivity index (χ3n) is 5.06. The predicted molar refractivity (Wildman–Crippen MR) is 118 cm³/mol. The number of hydrogen-bond donors (Lipinski definition) is 0. The summed E-state index contributed by atoms with van der Waals surface area (Å²) >= 11 is 0. The van der Waals surface area contributed by atoms with Gasteiger partial charge >= 0.3 is 11.9 Å². The van der Waals surface area contributed by atoms with E-state index in [9.17, 15) is 14.4 Å². The van der Waals surface area contributed by atoms with Gasteiger partial charge in [0.15, 0.2) is 11.2 Å². The number of hydrogen-bond acceptors (Lipinski definition) is 7. The largest absolute Gasteiger partial charge is 0.462 e. The molecule has 33 heavy (non-hydrogen) atoms. The summed E-state index contributed by atoms with van der Waals surface area (Å²) < 4.78 is 18.5. The van der Waals surface area contributed by atoms with Gasteiger partial charge in [-0.2, -0.15) is 4.99 Å². The molecular formula is C23H22N4O6. The number of ether oxygens (including phenoxy) is 2. The van der Waals surface area contributed by atoms with Crippen molar-refractivity contribution in [2.45, 2.75) is 20.4 Å². The first-order chi connectivity index (χ1) is 16.0. The van der Waals surface area contributed by atoms with Crippen LogP contribution in [0.2, 0.25) is 0 Å². The maximum atomic E-state index is 13.3. The maximum Gasteiger partial charge on any atom is 0.341 e. The van der Waals surface area contributed by atoms with Gasteiger partial charge in [-0.05, 0) is 43.7 Å². The lowest BCUT2D eigenvalue weighted by atomic mass is 10.2. The van der Waals surface area contributed by atoms with Gasteiger partial charge in [0.1, 0.15) is 16.9 Å². The number of aryl methyl sites for hydroxylation is 1. The summed E-state index contributed by atoms with van der Waals surface area (Å²) in [5.41, 5.74) is 1.11. The normalized spacial score (nSPS) is 11.9. The molecule has 0 spiro atoms. The standard InChI is InChI=1S/C23H22N4O6/c1-4-32-23(30)16-13-15-19(24-18-14(2)7-5-9-27(18)22(15)29)26(10-12-31-3)20(16)25-21(28)17-8-6-11-33-17/h5-9,11,13H,4,10,12H2,1-3H3. The molecule has 0 aliphatic carbocycles. The van der Waals surface area contributed by atoms with Crippen LogP contribution in [-0.2, 0) is 16.0 Å². The average Bonchev–Trinajstić information content (AvgIpc) is 3.34. The Hall–Kier alpha value is -4.05. The topological polar surface area (TPSA) is 117 Å². The van der Waals surface area contributed by atoms with Crippen LogP contribution in [-0.4, -0.2) is 46.2 Å². The van der Waals surface area contributed by atoms with E-state index in [0.717, 1.165) is 5.56 Å². The van der Waals surface area contributed by atoms with E-state index >= 15 is 0 Å². The molecular weight excluding hydrogens is 428 g/mol. The molecule has 4 rings (SSSR count). The van der Waals surface area contributed by atoms with Crippen LogP contribution in [0.4, 0.5) is 0 Å². The number of rotatable bonds is 6. The number of aromatic nitrogens is 3. The van der Waals surface area contributed by atoms with E-state index in [-0.39, 0.29) is 53.2 Å². The molecule has 0 saturated carbocycles. The predicted octanol–water partition coefficient (Wildman–Crippen LogP) is 2.11. The van der Waals surface area contributed by atoms with Gasteiger partial charge in [0.2, 0.25) is 0 Å². The Labute approximate surface area is 187 Å². The van der Waals surface area contributed by atoms with Crippen molar-refractivity contribution in [2.24, 2.45) is 4.99 Å². The Morgan fingerprint density at radius 1 is 1.21 bits per heavy atom. The van der Waals surface area contributed by atoms with Crippen molar-refractivity contribution in [1.82, 2.24) is 14.0 Å². The molecule has 0 radical (unpaired) electrons. The zero-order valence-corrected chi connectivity index (χ0v) is 18.4. The van der Waals surface area contributed by atoms with Gasteiger partial charge in [0.25, 0.3) is 5.56 Å². The fourth-order valence-corrected chi connectivity index (χ4v) is 3.51. The molecule has 10 heteroatoms. The van der Waals surface area contributed by atoms with Crippen molar-refractivity contribution >= 4 is 28.6 Å². The minimum Gasteiger partial charge on any atom is -0.462 e. The summed E-state index contributed by atoms with van der Waals surface area (Å²) in [5, 5.41) is 0.182. The van der Waals surface area contributed by atoms with E-state index in [1.807, 2.05) is 13.0 Å². The van der Waals surface area contributed by atoms with Gasteiger partial charge in [0, 0.05) is 19.9 Å². The molecule has 0 unspecified atom stereocenters. The minimum atomic E-state index is -0.717. The summed E-state index contributed by atoms with van der Waals surface area (Å²) in [5.74, 6) is -1.40. The highest BCUT2D eigenvalue weighted by atomic mass is 16.5. The lowest BCUT2D eigenvalue weighted by Gasteiger charge is -2.15. The zero-order valence-electron chi connectivity index (χ0n) is 18.4. The van der Waals surface area contributed by atoms with Crippen LogP contribution in [0, 0.1) is 6.92 Å². The summed E-state index contributed by atoms with van der Waals surface area (Å²) in [7, 11) is 1.52. The van der Waals surface area contributed by atoms with E-state index in [1.54, 1.807) is 25.3 Å². The lowest BCUT2D eigenvalue weighted by Crippen LogP contribution is -2.33. The molecule has 0 aliphatic rings. The van der Waals surface area contributed by atoms with Gasteiger partial charge in [-0.1, -0.05) is 6.07 Å². The number of fused-ring (bicyclic) bond motifs is 2. The van der Waals surface area contributed by atoms with Crippen molar-refractivity contribution < 1.29 is 23.5 Å².